The normalized spacial score (nSPS) is 16.9. The Hall–Kier alpha value is -1.51. The molecule has 1 unspecified atom stereocenters. The van der Waals surface area contributed by atoms with Gasteiger partial charge in [0, 0.05) is 25.7 Å². The molecule has 1 fully saturated rings. The minimum Gasteiger partial charge on any atom is -0.392 e. The van der Waals surface area contributed by atoms with E-state index >= 15 is 0 Å². The lowest BCUT2D eigenvalue weighted by molar-refractivity contribution is 0.280. The lowest BCUT2D eigenvalue weighted by Gasteiger charge is -2.35. The van der Waals surface area contributed by atoms with Gasteiger partial charge in [0.15, 0.2) is 5.96 Å². The third-order valence-electron chi connectivity index (χ3n) is 5.00. The Bertz CT molecular complexity index is 802. The summed E-state index contributed by atoms with van der Waals surface area (Å²) in [6.45, 7) is 5.34. The molecule has 0 saturated carbocycles. The first-order chi connectivity index (χ1) is 13.7. The maximum absolute atomic E-state index is 9.51. The van der Waals surface area contributed by atoms with Crippen molar-refractivity contribution in [1.29, 1.82) is 0 Å². The number of piperidine rings is 1. The van der Waals surface area contributed by atoms with Gasteiger partial charge < -0.3 is 20.6 Å². The highest BCUT2D eigenvalue weighted by molar-refractivity contribution is 14.0. The van der Waals surface area contributed by atoms with Gasteiger partial charge in [0.05, 0.1) is 23.9 Å². The summed E-state index contributed by atoms with van der Waals surface area (Å²) in [6.07, 6.45) is 2.20. The summed E-state index contributed by atoms with van der Waals surface area (Å²) in [5.74, 6) is 0.807. The molecule has 158 valence electrons. The van der Waals surface area contributed by atoms with E-state index in [1.54, 1.807) is 0 Å². The molecule has 1 aliphatic heterocycles. The number of guanidine groups is 1. The molecule has 5 nitrogen and oxygen atoms in total. The number of para-hydroxylation sites is 1. The highest BCUT2D eigenvalue weighted by Gasteiger charge is 2.22. The molecule has 1 heterocycles. The van der Waals surface area contributed by atoms with Crippen LogP contribution in [0.4, 0.5) is 5.69 Å². The quantitative estimate of drug-likeness (QED) is 0.299. The van der Waals surface area contributed by atoms with E-state index in [-0.39, 0.29) is 30.6 Å². The molecule has 29 heavy (non-hydrogen) atoms. The second-order valence-electron chi connectivity index (χ2n) is 7.00. The molecule has 1 atom stereocenters. The van der Waals surface area contributed by atoms with Crippen molar-refractivity contribution in [2.24, 2.45) is 4.99 Å². The second kappa shape index (κ2) is 12.2. The number of anilines is 1. The molecule has 0 radical (unpaired) electrons. The molecule has 1 saturated heterocycles. The fourth-order valence-corrected chi connectivity index (χ4v) is 3.82. The van der Waals surface area contributed by atoms with Crippen LogP contribution in [0.5, 0.6) is 0 Å². The minimum absolute atomic E-state index is 0. The van der Waals surface area contributed by atoms with E-state index in [2.05, 4.69) is 28.5 Å². The summed E-state index contributed by atoms with van der Waals surface area (Å²) in [6, 6.07) is 16.2. The summed E-state index contributed by atoms with van der Waals surface area (Å²) in [7, 11) is 0. The van der Waals surface area contributed by atoms with Crippen molar-refractivity contribution >= 4 is 47.2 Å². The predicted molar refractivity (Wildman–Crippen MR) is 132 cm³/mol. The average molecular weight is 529 g/mol. The Balaban J connectivity index is 0.00000300. The van der Waals surface area contributed by atoms with Gasteiger partial charge in [-0.2, -0.15) is 0 Å². The van der Waals surface area contributed by atoms with Gasteiger partial charge in [-0.15, -0.1) is 24.0 Å². The molecule has 1 aliphatic rings. The molecular weight excluding hydrogens is 499 g/mol. The van der Waals surface area contributed by atoms with Crippen molar-refractivity contribution in [1.82, 2.24) is 10.6 Å². The summed E-state index contributed by atoms with van der Waals surface area (Å²) >= 11 is 6.39. The summed E-state index contributed by atoms with van der Waals surface area (Å²) in [5.41, 5.74) is 3.06. The number of hydrogen-bond acceptors (Lipinski definition) is 3. The highest BCUT2D eigenvalue weighted by atomic mass is 127. The number of hydrogen-bond donors (Lipinski definition) is 3. The molecule has 2 aromatic carbocycles. The van der Waals surface area contributed by atoms with E-state index in [4.69, 9.17) is 16.6 Å². The van der Waals surface area contributed by atoms with E-state index in [1.807, 2.05) is 42.5 Å². The minimum atomic E-state index is 0. The number of nitrogens with one attached hydrogen (secondary N) is 2. The first-order valence-corrected chi connectivity index (χ1v) is 10.3. The fourth-order valence-electron chi connectivity index (χ4n) is 3.57. The number of nitrogens with zero attached hydrogens (tertiary/aromatic N) is 2. The smallest absolute Gasteiger partial charge is 0.191 e. The molecule has 0 bridgehead atoms. The van der Waals surface area contributed by atoms with E-state index in [0.29, 0.717) is 12.6 Å². The first-order valence-electron chi connectivity index (χ1n) is 9.93. The van der Waals surface area contributed by atoms with Crippen molar-refractivity contribution in [3.05, 3.63) is 64.7 Å². The van der Waals surface area contributed by atoms with Crippen LogP contribution in [0, 0.1) is 0 Å². The molecule has 0 aromatic heterocycles. The maximum Gasteiger partial charge on any atom is 0.191 e. The standard InChI is InChI=1S/C22H29ClN4O.HI/c1-2-24-22(25-14-17-8-3-4-9-18(17)16-28)26-19-10-7-13-27(15-19)21-12-6-5-11-20(21)23;/h3-6,8-9,11-12,19,28H,2,7,10,13-16H2,1H3,(H2,24,25,26);1H. The predicted octanol–water partition coefficient (Wildman–Crippen LogP) is 4.17. The van der Waals surface area contributed by atoms with Gasteiger partial charge in [-0.3, -0.25) is 0 Å². The van der Waals surface area contributed by atoms with Gasteiger partial charge in [-0.25, -0.2) is 4.99 Å². The number of aliphatic imine (C=N–C) groups is 1. The number of benzene rings is 2. The molecule has 0 aliphatic carbocycles. The second-order valence-corrected chi connectivity index (χ2v) is 7.41. The van der Waals surface area contributed by atoms with Crippen molar-refractivity contribution in [2.45, 2.75) is 39.0 Å². The molecule has 0 amide bonds. The molecule has 2 aromatic rings. The van der Waals surface area contributed by atoms with Gasteiger partial charge in [0.2, 0.25) is 0 Å². The van der Waals surface area contributed by atoms with Gasteiger partial charge in [-0.05, 0) is 43.0 Å². The first kappa shape index (κ1) is 23.8. The van der Waals surface area contributed by atoms with Crippen LogP contribution in [-0.4, -0.2) is 36.7 Å². The molecule has 3 N–H and O–H groups in total. The Morgan fingerprint density at radius 3 is 2.62 bits per heavy atom. The van der Waals surface area contributed by atoms with Crippen molar-refractivity contribution in [3.8, 4) is 0 Å². The van der Waals surface area contributed by atoms with Crippen LogP contribution in [0.15, 0.2) is 53.5 Å². The van der Waals surface area contributed by atoms with E-state index in [1.165, 1.54) is 0 Å². The number of aliphatic hydroxyl groups excluding tert-OH is 1. The Morgan fingerprint density at radius 2 is 1.90 bits per heavy atom. The van der Waals surface area contributed by atoms with Crippen molar-refractivity contribution < 1.29 is 5.11 Å². The van der Waals surface area contributed by atoms with E-state index < -0.39 is 0 Å². The van der Waals surface area contributed by atoms with Crippen LogP contribution in [-0.2, 0) is 13.2 Å². The van der Waals surface area contributed by atoms with E-state index in [9.17, 15) is 5.11 Å². The lowest BCUT2D eigenvalue weighted by atomic mass is 10.0. The van der Waals surface area contributed by atoms with Gasteiger partial charge in [0.1, 0.15) is 0 Å². The number of rotatable bonds is 6. The Labute approximate surface area is 195 Å². The summed E-state index contributed by atoms with van der Waals surface area (Å²) < 4.78 is 0. The van der Waals surface area contributed by atoms with Crippen LogP contribution in [0.25, 0.3) is 0 Å². The van der Waals surface area contributed by atoms with Gasteiger partial charge in [0.25, 0.3) is 0 Å². The van der Waals surface area contributed by atoms with Crippen LogP contribution in [0.3, 0.4) is 0 Å². The molecular formula is C22H30ClIN4O. The van der Waals surface area contributed by atoms with Gasteiger partial charge in [-0.1, -0.05) is 48.0 Å². The Morgan fingerprint density at radius 1 is 1.17 bits per heavy atom. The van der Waals surface area contributed by atoms with Crippen LogP contribution in [0.1, 0.15) is 30.9 Å². The third kappa shape index (κ3) is 6.76. The third-order valence-corrected chi connectivity index (χ3v) is 5.32. The number of aliphatic hydroxyl groups is 1. The zero-order chi connectivity index (χ0) is 19.8. The lowest BCUT2D eigenvalue weighted by Crippen LogP contribution is -2.51. The zero-order valence-electron chi connectivity index (χ0n) is 16.8. The largest absolute Gasteiger partial charge is 0.392 e. The molecule has 0 spiro atoms. The fraction of sp³-hybridized carbons (Fsp3) is 0.409. The molecule has 7 heteroatoms. The monoisotopic (exact) mass is 528 g/mol. The number of halogens is 2. The van der Waals surface area contributed by atoms with E-state index in [0.717, 1.165) is 60.3 Å². The van der Waals surface area contributed by atoms with Crippen LogP contribution >= 0.6 is 35.6 Å². The summed E-state index contributed by atoms with van der Waals surface area (Å²) in [5, 5.41) is 17.2. The van der Waals surface area contributed by atoms with Crippen molar-refractivity contribution in [3.63, 3.8) is 0 Å². The SMILES string of the molecule is CCNC(=NCc1ccccc1CO)NC1CCCN(c2ccccc2Cl)C1.I. The van der Waals surface area contributed by atoms with Gasteiger partial charge >= 0.3 is 0 Å². The average Bonchev–Trinajstić information content (AvgIpc) is 2.73. The highest BCUT2D eigenvalue weighted by Crippen LogP contribution is 2.27. The Kier molecular flexibility index (Phi) is 10.0. The van der Waals surface area contributed by atoms with Crippen LogP contribution < -0.4 is 15.5 Å². The maximum atomic E-state index is 9.51. The summed E-state index contributed by atoms with van der Waals surface area (Å²) in [4.78, 5) is 7.08. The van der Waals surface area contributed by atoms with Crippen molar-refractivity contribution in [2.75, 3.05) is 24.5 Å². The topological polar surface area (TPSA) is 59.9 Å². The molecule has 3 rings (SSSR count). The van der Waals surface area contributed by atoms with Crippen LogP contribution in [0.2, 0.25) is 5.02 Å². The zero-order valence-corrected chi connectivity index (χ0v) is 19.9.